The third-order valence-electron chi connectivity index (χ3n) is 4.09. The van der Waals surface area contributed by atoms with Gasteiger partial charge < -0.3 is 10.3 Å². The number of rotatable bonds is 5. The first-order valence-electron chi connectivity index (χ1n) is 8.02. The van der Waals surface area contributed by atoms with Crippen molar-refractivity contribution in [2.45, 2.75) is 13.1 Å². The second-order valence-electron chi connectivity index (χ2n) is 5.72. The molecule has 3 heterocycles. The van der Waals surface area contributed by atoms with Crippen LogP contribution in [0.3, 0.4) is 0 Å². The van der Waals surface area contributed by atoms with Gasteiger partial charge in [-0.15, -0.1) is 0 Å². The van der Waals surface area contributed by atoms with Crippen molar-refractivity contribution in [1.29, 1.82) is 0 Å². The maximum absolute atomic E-state index is 4.34. The summed E-state index contributed by atoms with van der Waals surface area (Å²) < 4.78 is 0. The normalized spacial score (nSPS) is 11.0. The number of pyridine rings is 2. The number of H-pyrrole nitrogens is 1. The highest BCUT2D eigenvalue weighted by Gasteiger charge is 2.05. The highest BCUT2D eigenvalue weighted by atomic mass is 14.9. The van der Waals surface area contributed by atoms with E-state index in [1.54, 1.807) is 0 Å². The minimum atomic E-state index is 0.775. The summed E-state index contributed by atoms with van der Waals surface area (Å²) >= 11 is 0. The van der Waals surface area contributed by atoms with E-state index in [1.165, 1.54) is 16.7 Å². The van der Waals surface area contributed by atoms with Crippen molar-refractivity contribution in [3.05, 3.63) is 84.4 Å². The quantitative estimate of drug-likeness (QED) is 0.587. The van der Waals surface area contributed by atoms with Gasteiger partial charge in [-0.25, -0.2) is 4.98 Å². The molecule has 0 fully saturated rings. The standard InChI is InChI=1S/C20H18N4/c1-2-10-22-17(3-1)14-21-13-15-4-6-16(7-5-15)18-8-11-23-20-19(18)9-12-24-20/h1-12,21H,13-14H2,(H,23,24). The van der Waals surface area contributed by atoms with Crippen LogP contribution in [0.1, 0.15) is 11.3 Å². The minimum absolute atomic E-state index is 0.775. The zero-order valence-electron chi connectivity index (χ0n) is 13.2. The van der Waals surface area contributed by atoms with Crippen LogP contribution in [0.15, 0.2) is 73.2 Å². The fraction of sp³-hybridized carbons (Fsp3) is 0.100. The lowest BCUT2D eigenvalue weighted by atomic mass is 10.0. The van der Waals surface area contributed by atoms with Gasteiger partial charge in [0.05, 0.1) is 5.69 Å². The van der Waals surface area contributed by atoms with E-state index in [1.807, 2.05) is 36.8 Å². The summed E-state index contributed by atoms with van der Waals surface area (Å²) in [6.45, 7) is 1.60. The molecule has 0 atom stereocenters. The molecule has 0 saturated heterocycles. The SMILES string of the molecule is c1ccc(CNCc2ccc(-c3ccnc4[nH]ccc34)cc2)nc1. The van der Waals surface area contributed by atoms with Crippen molar-refractivity contribution in [2.24, 2.45) is 0 Å². The molecule has 2 N–H and O–H groups in total. The van der Waals surface area contributed by atoms with E-state index < -0.39 is 0 Å². The molecule has 118 valence electrons. The third kappa shape index (κ3) is 3.05. The molecule has 0 bridgehead atoms. The molecule has 0 aliphatic heterocycles. The van der Waals surface area contributed by atoms with Gasteiger partial charge in [0.15, 0.2) is 0 Å². The number of benzene rings is 1. The molecule has 0 aliphatic carbocycles. The van der Waals surface area contributed by atoms with Gasteiger partial charge in [0.25, 0.3) is 0 Å². The van der Waals surface area contributed by atoms with E-state index >= 15 is 0 Å². The van der Waals surface area contributed by atoms with E-state index in [0.29, 0.717) is 0 Å². The minimum Gasteiger partial charge on any atom is -0.346 e. The molecule has 0 spiro atoms. The Morgan fingerprint density at radius 2 is 1.75 bits per heavy atom. The Labute approximate surface area is 140 Å². The Bertz CT molecular complexity index is 927. The smallest absolute Gasteiger partial charge is 0.137 e. The first kappa shape index (κ1) is 14.6. The molecule has 4 aromatic rings. The lowest BCUT2D eigenvalue weighted by molar-refractivity contribution is 0.680. The van der Waals surface area contributed by atoms with E-state index in [2.05, 4.69) is 56.7 Å². The summed E-state index contributed by atoms with van der Waals surface area (Å²) in [6, 6.07) is 18.8. The molecule has 4 heteroatoms. The zero-order chi connectivity index (χ0) is 16.2. The molecule has 0 aliphatic rings. The Hall–Kier alpha value is -2.98. The van der Waals surface area contributed by atoms with Gasteiger partial charge in [-0.3, -0.25) is 4.98 Å². The molecule has 0 radical (unpaired) electrons. The van der Waals surface area contributed by atoms with E-state index in [9.17, 15) is 0 Å². The average molecular weight is 314 g/mol. The van der Waals surface area contributed by atoms with E-state index in [0.717, 1.165) is 29.8 Å². The lowest BCUT2D eigenvalue weighted by Crippen LogP contribution is -2.13. The maximum Gasteiger partial charge on any atom is 0.137 e. The lowest BCUT2D eigenvalue weighted by Gasteiger charge is -2.07. The molecular formula is C20H18N4. The van der Waals surface area contributed by atoms with Gasteiger partial charge in [-0.2, -0.15) is 0 Å². The van der Waals surface area contributed by atoms with Crippen LogP contribution >= 0.6 is 0 Å². The van der Waals surface area contributed by atoms with Crippen molar-refractivity contribution in [2.75, 3.05) is 0 Å². The summed E-state index contributed by atoms with van der Waals surface area (Å²) in [6.07, 6.45) is 5.59. The van der Waals surface area contributed by atoms with Crippen LogP contribution < -0.4 is 5.32 Å². The Morgan fingerprint density at radius 3 is 2.58 bits per heavy atom. The number of aromatic amines is 1. The average Bonchev–Trinajstić information content (AvgIpc) is 3.12. The van der Waals surface area contributed by atoms with Crippen molar-refractivity contribution in [1.82, 2.24) is 20.3 Å². The van der Waals surface area contributed by atoms with Crippen LogP contribution in [0, 0.1) is 0 Å². The number of nitrogens with zero attached hydrogens (tertiary/aromatic N) is 2. The number of aromatic nitrogens is 3. The highest BCUT2D eigenvalue weighted by molar-refractivity contribution is 5.92. The summed E-state index contributed by atoms with van der Waals surface area (Å²) in [4.78, 5) is 11.8. The monoisotopic (exact) mass is 314 g/mol. The molecule has 1 aromatic carbocycles. The van der Waals surface area contributed by atoms with Crippen LogP contribution in [0.25, 0.3) is 22.2 Å². The van der Waals surface area contributed by atoms with Crippen LogP contribution in [0.4, 0.5) is 0 Å². The molecule has 3 aromatic heterocycles. The number of hydrogen-bond acceptors (Lipinski definition) is 3. The van der Waals surface area contributed by atoms with Crippen LogP contribution in [-0.2, 0) is 13.1 Å². The van der Waals surface area contributed by atoms with Crippen molar-refractivity contribution in [3.8, 4) is 11.1 Å². The maximum atomic E-state index is 4.34. The first-order chi connectivity index (χ1) is 11.9. The molecule has 4 nitrogen and oxygen atoms in total. The second-order valence-corrected chi connectivity index (χ2v) is 5.72. The zero-order valence-corrected chi connectivity index (χ0v) is 13.2. The van der Waals surface area contributed by atoms with Crippen molar-refractivity contribution >= 4 is 11.0 Å². The van der Waals surface area contributed by atoms with Gasteiger partial charge >= 0.3 is 0 Å². The molecule has 4 rings (SSSR count). The second kappa shape index (κ2) is 6.64. The Balaban J connectivity index is 1.46. The van der Waals surface area contributed by atoms with E-state index in [4.69, 9.17) is 0 Å². The van der Waals surface area contributed by atoms with Gasteiger partial charge in [0.2, 0.25) is 0 Å². The topological polar surface area (TPSA) is 53.6 Å². The van der Waals surface area contributed by atoms with Gasteiger partial charge in [-0.05, 0) is 41.0 Å². The first-order valence-corrected chi connectivity index (χ1v) is 8.02. The van der Waals surface area contributed by atoms with Gasteiger partial charge in [0, 0.05) is 37.1 Å². The number of hydrogen-bond donors (Lipinski definition) is 2. The molecule has 0 amide bonds. The van der Waals surface area contributed by atoms with Gasteiger partial charge in [0.1, 0.15) is 5.65 Å². The summed E-state index contributed by atoms with van der Waals surface area (Å²) in [7, 11) is 0. The number of fused-ring (bicyclic) bond motifs is 1. The van der Waals surface area contributed by atoms with Crippen molar-refractivity contribution < 1.29 is 0 Å². The van der Waals surface area contributed by atoms with Gasteiger partial charge in [-0.1, -0.05) is 30.3 Å². The molecule has 24 heavy (non-hydrogen) atoms. The Morgan fingerprint density at radius 1 is 0.833 bits per heavy atom. The fourth-order valence-corrected chi connectivity index (χ4v) is 2.85. The largest absolute Gasteiger partial charge is 0.346 e. The highest BCUT2D eigenvalue weighted by Crippen LogP contribution is 2.27. The predicted octanol–water partition coefficient (Wildman–Crippen LogP) is 3.91. The fourth-order valence-electron chi connectivity index (χ4n) is 2.85. The summed E-state index contributed by atoms with van der Waals surface area (Å²) in [5.41, 5.74) is 5.65. The predicted molar refractivity (Wildman–Crippen MR) is 96.3 cm³/mol. The molecule has 0 unspecified atom stereocenters. The van der Waals surface area contributed by atoms with E-state index in [-0.39, 0.29) is 0 Å². The third-order valence-corrected chi connectivity index (χ3v) is 4.09. The van der Waals surface area contributed by atoms with Crippen LogP contribution in [0.5, 0.6) is 0 Å². The molecule has 0 saturated carbocycles. The summed E-state index contributed by atoms with van der Waals surface area (Å²) in [5, 5.41) is 4.58. The Kier molecular flexibility index (Phi) is 4.04. The number of nitrogens with one attached hydrogen (secondary N) is 2. The van der Waals surface area contributed by atoms with Crippen molar-refractivity contribution in [3.63, 3.8) is 0 Å². The molecular weight excluding hydrogens is 296 g/mol. The summed E-state index contributed by atoms with van der Waals surface area (Å²) in [5.74, 6) is 0. The van der Waals surface area contributed by atoms with Crippen LogP contribution in [0.2, 0.25) is 0 Å². The van der Waals surface area contributed by atoms with Crippen LogP contribution in [-0.4, -0.2) is 15.0 Å².